The molecule has 4 rings (SSSR count). The van der Waals surface area contributed by atoms with Crippen molar-refractivity contribution < 1.29 is 0 Å². The summed E-state index contributed by atoms with van der Waals surface area (Å²) in [6.07, 6.45) is 10.9. The van der Waals surface area contributed by atoms with Gasteiger partial charge in [0, 0.05) is 30.2 Å². The van der Waals surface area contributed by atoms with E-state index in [1.165, 1.54) is 22.3 Å². The number of fused-ring (bicyclic) bond motifs is 2. The molecule has 0 radical (unpaired) electrons. The Morgan fingerprint density at radius 3 is 2.84 bits per heavy atom. The van der Waals surface area contributed by atoms with E-state index >= 15 is 0 Å². The maximum atomic E-state index is 4.69. The van der Waals surface area contributed by atoms with Gasteiger partial charge in [-0.25, -0.2) is 4.98 Å². The molecule has 4 nitrogen and oxygen atoms in total. The number of aryl methyl sites for hydroxylation is 1. The highest BCUT2D eigenvalue weighted by molar-refractivity contribution is 5.83. The molecular formula is C21H24N4. The summed E-state index contributed by atoms with van der Waals surface area (Å²) in [7, 11) is 0. The van der Waals surface area contributed by atoms with Gasteiger partial charge in [-0.05, 0) is 59.6 Å². The molecule has 1 aliphatic heterocycles. The van der Waals surface area contributed by atoms with E-state index in [9.17, 15) is 0 Å². The van der Waals surface area contributed by atoms with Crippen molar-refractivity contribution in [2.24, 2.45) is 0 Å². The van der Waals surface area contributed by atoms with Gasteiger partial charge >= 0.3 is 0 Å². The van der Waals surface area contributed by atoms with Crippen LogP contribution in [0.5, 0.6) is 0 Å². The monoisotopic (exact) mass is 332 g/mol. The van der Waals surface area contributed by atoms with E-state index in [2.05, 4.69) is 47.1 Å². The third-order valence-corrected chi connectivity index (χ3v) is 5.22. The minimum Gasteiger partial charge on any atom is -0.363 e. The van der Waals surface area contributed by atoms with E-state index in [4.69, 9.17) is 0 Å². The number of nitrogens with zero attached hydrogens (tertiary/aromatic N) is 3. The molecule has 0 bridgehead atoms. The van der Waals surface area contributed by atoms with E-state index in [0.29, 0.717) is 5.92 Å². The fourth-order valence-electron chi connectivity index (χ4n) is 4.02. The molecule has 1 atom stereocenters. The molecule has 25 heavy (non-hydrogen) atoms. The standard InChI is InChI=1S/C21H24N4/c1-4-14-7-10-23-21-15(14)5-6-19(25-21)17-12-24-18-8-9-22-11-16(18)20(17)13(2)3/h7-13,19H,4-6H2,1-3H3,(H,23,25). The maximum Gasteiger partial charge on any atom is 0.129 e. The number of nitrogens with one attached hydrogen (secondary N) is 1. The van der Waals surface area contributed by atoms with Crippen molar-refractivity contribution in [1.29, 1.82) is 0 Å². The lowest BCUT2D eigenvalue weighted by Crippen LogP contribution is -2.22. The van der Waals surface area contributed by atoms with Gasteiger partial charge in [0.15, 0.2) is 0 Å². The summed E-state index contributed by atoms with van der Waals surface area (Å²) in [6, 6.07) is 4.38. The zero-order chi connectivity index (χ0) is 17.4. The molecule has 1 aliphatic rings. The molecule has 4 heteroatoms. The van der Waals surface area contributed by atoms with Crippen molar-refractivity contribution in [2.75, 3.05) is 5.32 Å². The third-order valence-electron chi connectivity index (χ3n) is 5.22. The van der Waals surface area contributed by atoms with Gasteiger partial charge in [0.05, 0.1) is 11.6 Å². The fraction of sp³-hybridized carbons (Fsp3) is 0.381. The molecular weight excluding hydrogens is 308 g/mol. The highest BCUT2D eigenvalue weighted by Crippen LogP contribution is 2.38. The van der Waals surface area contributed by atoms with Gasteiger partial charge in [0.25, 0.3) is 0 Å². The second-order valence-electron chi connectivity index (χ2n) is 7.06. The predicted molar refractivity (Wildman–Crippen MR) is 102 cm³/mol. The fourth-order valence-corrected chi connectivity index (χ4v) is 4.02. The summed E-state index contributed by atoms with van der Waals surface area (Å²) in [5, 5.41) is 4.84. The molecule has 128 valence electrons. The zero-order valence-corrected chi connectivity index (χ0v) is 15.1. The van der Waals surface area contributed by atoms with Crippen LogP contribution in [0.2, 0.25) is 0 Å². The summed E-state index contributed by atoms with van der Waals surface area (Å²) < 4.78 is 0. The van der Waals surface area contributed by atoms with Gasteiger partial charge in [-0.3, -0.25) is 9.97 Å². The van der Waals surface area contributed by atoms with Crippen LogP contribution in [0, 0.1) is 0 Å². The molecule has 0 spiro atoms. The summed E-state index contributed by atoms with van der Waals surface area (Å²) in [6.45, 7) is 6.70. The van der Waals surface area contributed by atoms with E-state index < -0.39 is 0 Å². The van der Waals surface area contributed by atoms with E-state index in [1.807, 2.05) is 30.9 Å². The van der Waals surface area contributed by atoms with Crippen molar-refractivity contribution in [3.8, 4) is 0 Å². The first-order valence-corrected chi connectivity index (χ1v) is 9.14. The van der Waals surface area contributed by atoms with Crippen molar-refractivity contribution in [2.45, 2.75) is 52.0 Å². The number of pyridine rings is 3. The minimum atomic E-state index is 0.251. The highest BCUT2D eigenvalue weighted by Gasteiger charge is 2.25. The molecule has 3 aromatic rings. The molecule has 1 N–H and O–H groups in total. The Labute approximate surface area is 148 Å². The first-order valence-electron chi connectivity index (χ1n) is 9.14. The normalized spacial score (nSPS) is 16.7. The van der Waals surface area contributed by atoms with Crippen LogP contribution in [-0.2, 0) is 12.8 Å². The summed E-state index contributed by atoms with van der Waals surface area (Å²) in [4.78, 5) is 13.6. The lowest BCUT2D eigenvalue weighted by molar-refractivity contribution is 0.643. The van der Waals surface area contributed by atoms with Crippen molar-refractivity contribution in [3.63, 3.8) is 0 Å². The predicted octanol–water partition coefficient (Wildman–Crippen LogP) is 4.81. The molecule has 0 amide bonds. The Bertz CT molecular complexity index is 917. The Kier molecular flexibility index (Phi) is 4.12. The second-order valence-corrected chi connectivity index (χ2v) is 7.06. The maximum absolute atomic E-state index is 4.69. The Hall–Kier alpha value is -2.49. The molecule has 0 saturated heterocycles. The van der Waals surface area contributed by atoms with Crippen LogP contribution in [0.4, 0.5) is 5.82 Å². The van der Waals surface area contributed by atoms with E-state index in [1.54, 1.807) is 0 Å². The summed E-state index contributed by atoms with van der Waals surface area (Å²) >= 11 is 0. The van der Waals surface area contributed by atoms with E-state index in [-0.39, 0.29) is 6.04 Å². The van der Waals surface area contributed by atoms with Crippen LogP contribution in [0.3, 0.4) is 0 Å². The van der Waals surface area contributed by atoms with Gasteiger partial charge in [0.2, 0.25) is 0 Å². The topological polar surface area (TPSA) is 50.7 Å². The van der Waals surface area contributed by atoms with Crippen molar-refractivity contribution in [3.05, 3.63) is 59.2 Å². The SMILES string of the molecule is CCc1ccnc2c1CCC(c1cnc3ccncc3c1C(C)C)N2. The van der Waals surface area contributed by atoms with Gasteiger partial charge in [0.1, 0.15) is 5.82 Å². The van der Waals surface area contributed by atoms with Crippen LogP contribution in [-0.4, -0.2) is 15.0 Å². The lowest BCUT2D eigenvalue weighted by atomic mass is 9.86. The Morgan fingerprint density at radius 1 is 1.16 bits per heavy atom. The van der Waals surface area contributed by atoms with Crippen molar-refractivity contribution >= 4 is 16.7 Å². The third kappa shape index (κ3) is 2.76. The number of rotatable bonds is 3. The number of hydrogen-bond acceptors (Lipinski definition) is 4. The van der Waals surface area contributed by atoms with Crippen LogP contribution >= 0.6 is 0 Å². The largest absolute Gasteiger partial charge is 0.363 e. The Balaban J connectivity index is 1.79. The smallest absolute Gasteiger partial charge is 0.129 e. The second kappa shape index (κ2) is 6.43. The molecule has 4 heterocycles. The average molecular weight is 332 g/mol. The van der Waals surface area contributed by atoms with Crippen LogP contribution in [0.15, 0.2) is 36.9 Å². The van der Waals surface area contributed by atoms with Gasteiger partial charge < -0.3 is 5.32 Å². The lowest BCUT2D eigenvalue weighted by Gasteiger charge is -2.30. The first-order chi connectivity index (χ1) is 12.2. The van der Waals surface area contributed by atoms with Crippen molar-refractivity contribution in [1.82, 2.24) is 15.0 Å². The average Bonchev–Trinajstić information content (AvgIpc) is 2.65. The van der Waals surface area contributed by atoms with Gasteiger partial charge in [-0.1, -0.05) is 20.8 Å². The zero-order valence-electron chi connectivity index (χ0n) is 15.1. The highest BCUT2D eigenvalue weighted by atomic mass is 15.0. The number of aromatic nitrogens is 3. The summed E-state index contributed by atoms with van der Waals surface area (Å²) in [5.74, 6) is 1.46. The first kappa shape index (κ1) is 16.0. The van der Waals surface area contributed by atoms with E-state index in [0.717, 1.165) is 36.0 Å². The molecule has 0 aliphatic carbocycles. The quantitative estimate of drug-likeness (QED) is 0.748. The minimum absolute atomic E-state index is 0.251. The molecule has 0 fully saturated rings. The molecule has 3 aromatic heterocycles. The summed E-state index contributed by atoms with van der Waals surface area (Å²) in [5.41, 5.74) is 6.43. The van der Waals surface area contributed by atoms with Crippen LogP contribution in [0.25, 0.3) is 10.9 Å². The molecule has 0 aromatic carbocycles. The van der Waals surface area contributed by atoms with Crippen LogP contribution in [0.1, 0.15) is 61.4 Å². The van der Waals surface area contributed by atoms with Gasteiger partial charge in [-0.15, -0.1) is 0 Å². The Morgan fingerprint density at radius 2 is 2.04 bits per heavy atom. The molecule has 1 unspecified atom stereocenters. The van der Waals surface area contributed by atoms with Gasteiger partial charge in [-0.2, -0.15) is 0 Å². The van der Waals surface area contributed by atoms with Crippen LogP contribution < -0.4 is 5.32 Å². The molecule has 0 saturated carbocycles. The number of hydrogen-bond donors (Lipinski definition) is 1. The number of anilines is 1.